The number of esters is 1. The first-order valence-corrected chi connectivity index (χ1v) is 31.8. The molecule has 0 spiro atoms. The van der Waals surface area contributed by atoms with Crippen molar-refractivity contribution >= 4 is 5.97 Å². The average molecular weight is 1170 g/mol. The van der Waals surface area contributed by atoms with Gasteiger partial charge in [-0.3, -0.25) is 4.79 Å². The zero-order valence-electron chi connectivity index (χ0n) is 50.9. The molecule has 2 rings (SSSR count). The molecule has 0 aromatic heterocycles. The number of carbonyl (C=O) groups excluding carboxylic acids is 1. The maximum atomic E-state index is 13.1. The first-order chi connectivity index (χ1) is 40.6. The maximum absolute atomic E-state index is 13.1. The molecule has 0 aliphatic carbocycles. The molecule has 0 amide bonds. The number of aliphatic hydroxyl groups excluding tert-OH is 7. The Hall–Kier alpha value is -3.87. The molecule has 2 fully saturated rings. The summed E-state index contributed by atoms with van der Waals surface area (Å²) in [6.45, 7) is 3.39. The van der Waals surface area contributed by atoms with Gasteiger partial charge in [0.15, 0.2) is 12.6 Å². The van der Waals surface area contributed by atoms with E-state index in [1.807, 2.05) is 0 Å². The molecule has 11 unspecified atom stereocenters. The molecule has 2 aliphatic rings. The maximum Gasteiger partial charge on any atom is 0.306 e. The van der Waals surface area contributed by atoms with Gasteiger partial charge in [-0.25, -0.2) is 0 Å². The summed E-state index contributed by atoms with van der Waals surface area (Å²) in [4.78, 5) is 13.1. The number of aliphatic hydroxyl groups is 7. The molecule has 2 aliphatic heterocycles. The van der Waals surface area contributed by atoms with Crippen molar-refractivity contribution < 1.29 is 69.0 Å². The van der Waals surface area contributed by atoms with Gasteiger partial charge in [-0.2, -0.15) is 0 Å². The standard InChI is InChI=1S/C69H112O14/c1-3-5-7-9-11-13-15-17-19-21-23-25-27-29-30-32-34-36-38-40-42-44-46-48-50-52-61(71)81-58(56-79-68-67(77)65(75)63(73)60(83-68)57-80-69-66(76)64(74)62(72)59(54-70)82-69)55-78-53-51-49-47-45-43-41-39-37-35-33-31-28-26-24-22-20-18-16-14-12-10-8-6-4-2/h5-8,11-14,17-20,23-26,29-31,33,37,39,58-60,62-70,72-77H,3-4,9-10,15-16,21-22,27-28,32,34-36,38,40-57H2,1-2H3/b7-5-,8-6-,13-11-,14-12-,19-17-,20-18-,25-23-,26-24-,30-29-,33-31-,39-37-. The fraction of sp³-hybridized carbons (Fsp3) is 0.667. The van der Waals surface area contributed by atoms with Crippen molar-refractivity contribution in [2.24, 2.45) is 0 Å². The average Bonchev–Trinajstić information content (AvgIpc) is 3.67. The highest BCUT2D eigenvalue weighted by molar-refractivity contribution is 5.69. The van der Waals surface area contributed by atoms with E-state index in [1.54, 1.807) is 0 Å². The Labute approximate surface area is 500 Å². The molecular weight excluding hydrogens is 1050 g/mol. The van der Waals surface area contributed by atoms with Gasteiger partial charge < -0.3 is 64.2 Å². The van der Waals surface area contributed by atoms with Crippen LogP contribution >= 0.6 is 0 Å². The first kappa shape index (κ1) is 75.2. The van der Waals surface area contributed by atoms with E-state index in [9.17, 15) is 40.5 Å². The number of ether oxygens (including phenoxy) is 6. The lowest BCUT2D eigenvalue weighted by Crippen LogP contribution is -2.61. The monoisotopic (exact) mass is 1160 g/mol. The highest BCUT2D eigenvalue weighted by Crippen LogP contribution is 2.27. The molecule has 0 bridgehead atoms. The molecule has 7 N–H and O–H groups in total. The Bertz CT molecular complexity index is 1880. The predicted octanol–water partition coefficient (Wildman–Crippen LogP) is 12.6. The zero-order chi connectivity index (χ0) is 60.1. The molecule has 14 heteroatoms. The summed E-state index contributed by atoms with van der Waals surface area (Å²) < 4.78 is 34.4. The number of allylic oxidation sites excluding steroid dienone is 22. The first-order valence-electron chi connectivity index (χ1n) is 31.8. The van der Waals surface area contributed by atoms with Crippen molar-refractivity contribution in [1.29, 1.82) is 0 Å². The van der Waals surface area contributed by atoms with Gasteiger partial charge in [0, 0.05) is 13.0 Å². The summed E-state index contributed by atoms with van der Waals surface area (Å²) in [5.74, 6) is -0.395. The minimum absolute atomic E-state index is 0.0361. The van der Waals surface area contributed by atoms with E-state index < -0.39 is 86.7 Å². The van der Waals surface area contributed by atoms with Crippen molar-refractivity contribution in [2.45, 2.75) is 261 Å². The van der Waals surface area contributed by atoms with Gasteiger partial charge in [0.25, 0.3) is 0 Å². The molecule has 14 nitrogen and oxygen atoms in total. The van der Waals surface area contributed by atoms with Crippen LogP contribution < -0.4 is 0 Å². The number of hydrogen-bond acceptors (Lipinski definition) is 14. The summed E-state index contributed by atoms with van der Waals surface area (Å²) in [7, 11) is 0. The van der Waals surface area contributed by atoms with Crippen LogP contribution in [0.4, 0.5) is 0 Å². The minimum Gasteiger partial charge on any atom is -0.457 e. The molecule has 0 aromatic carbocycles. The zero-order valence-corrected chi connectivity index (χ0v) is 50.9. The molecule has 0 aromatic rings. The normalized spacial score (nSPS) is 24.3. The molecule has 2 saturated heterocycles. The summed E-state index contributed by atoms with van der Waals surface area (Å²) in [6.07, 6.45) is 60.7. The van der Waals surface area contributed by atoms with Crippen LogP contribution in [0.3, 0.4) is 0 Å². The Morgan fingerprint density at radius 1 is 0.398 bits per heavy atom. The molecule has 0 saturated carbocycles. The van der Waals surface area contributed by atoms with E-state index in [0.29, 0.717) is 13.0 Å². The van der Waals surface area contributed by atoms with Crippen LogP contribution in [-0.4, -0.2) is 142 Å². The second kappa shape index (κ2) is 53.6. The highest BCUT2D eigenvalue weighted by Gasteiger charge is 2.47. The predicted molar refractivity (Wildman–Crippen MR) is 334 cm³/mol. The van der Waals surface area contributed by atoms with Crippen LogP contribution in [0.1, 0.15) is 194 Å². The Kier molecular flexibility index (Phi) is 48.6. The van der Waals surface area contributed by atoms with Crippen LogP contribution in [0.15, 0.2) is 134 Å². The summed E-state index contributed by atoms with van der Waals surface area (Å²) >= 11 is 0. The number of hydrogen-bond donors (Lipinski definition) is 7. The van der Waals surface area contributed by atoms with Gasteiger partial charge in [0.05, 0.1) is 26.4 Å². The minimum atomic E-state index is -1.72. The number of carbonyl (C=O) groups is 1. The number of rotatable bonds is 50. The largest absolute Gasteiger partial charge is 0.457 e. The molecule has 0 radical (unpaired) electrons. The summed E-state index contributed by atoms with van der Waals surface area (Å²) in [5, 5.41) is 72.5. The van der Waals surface area contributed by atoms with Crippen LogP contribution in [0, 0.1) is 0 Å². The van der Waals surface area contributed by atoms with Gasteiger partial charge >= 0.3 is 5.97 Å². The van der Waals surface area contributed by atoms with Gasteiger partial charge in [0.1, 0.15) is 54.9 Å². The Balaban J connectivity index is 1.70. The molecular formula is C69H112O14. The lowest BCUT2D eigenvalue weighted by molar-refractivity contribution is -0.332. The van der Waals surface area contributed by atoms with E-state index in [1.165, 1.54) is 32.1 Å². The van der Waals surface area contributed by atoms with E-state index in [4.69, 9.17) is 28.4 Å². The lowest BCUT2D eigenvalue weighted by Gasteiger charge is -2.42. The third kappa shape index (κ3) is 39.5. The highest BCUT2D eigenvalue weighted by atomic mass is 16.7. The van der Waals surface area contributed by atoms with Crippen LogP contribution in [0.5, 0.6) is 0 Å². The smallest absolute Gasteiger partial charge is 0.306 e. The fourth-order valence-corrected chi connectivity index (χ4v) is 9.14. The summed E-state index contributed by atoms with van der Waals surface area (Å²) in [5.41, 5.74) is 0. The second-order valence-electron chi connectivity index (χ2n) is 21.5. The Morgan fingerprint density at radius 2 is 0.747 bits per heavy atom. The van der Waals surface area contributed by atoms with Crippen molar-refractivity contribution in [1.82, 2.24) is 0 Å². The van der Waals surface area contributed by atoms with E-state index in [2.05, 4.69) is 148 Å². The van der Waals surface area contributed by atoms with Crippen LogP contribution in [0.25, 0.3) is 0 Å². The van der Waals surface area contributed by atoms with Crippen molar-refractivity contribution in [2.75, 3.05) is 33.0 Å². The van der Waals surface area contributed by atoms with Gasteiger partial charge in [-0.1, -0.05) is 212 Å². The SMILES string of the molecule is CC/C=C\C/C=C\C/C=C\C/C=C\C/C=C\C/C=C\CCCCCCCOCC(COC1OC(COC2OC(CO)C(O)C(O)C2O)C(O)C(O)C1O)OC(=O)CCCCCCCCCCC/C=C\C/C=C\C/C=C\C/C=C\C/C=C\CC. The Morgan fingerprint density at radius 3 is 1.17 bits per heavy atom. The third-order valence-electron chi connectivity index (χ3n) is 14.2. The quantitative estimate of drug-likeness (QED) is 0.0172. The molecule has 83 heavy (non-hydrogen) atoms. The fourth-order valence-electron chi connectivity index (χ4n) is 9.14. The molecule has 11 atom stereocenters. The number of unbranched alkanes of at least 4 members (excludes halogenated alkanes) is 14. The van der Waals surface area contributed by atoms with E-state index in [0.717, 1.165) is 135 Å². The second-order valence-corrected chi connectivity index (χ2v) is 21.5. The van der Waals surface area contributed by atoms with E-state index in [-0.39, 0.29) is 19.6 Å². The van der Waals surface area contributed by atoms with E-state index >= 15 is 0 Å². The van der Waals surface area contributed by atoms with Gasteiger partial charge in [-0.05, 0) is 109 Å². The third-order valence-corrected chi connectivity index (χ3v) is 14.2. The topological polar surface area (TPSA) is 214 Å². The molecule has 472 valence electrons. The van der Waals surface area contributed by atoms with Crippen LogP contribution in [0.2, 0.25) is 0 Å². The van der Waals surface area contributed by atoms with Gasteiger partial charge in [0.2, 0.25) is 0 Å². The molecule has 2 heterocycles. The summed E-state index contributed by atoms with van der Waals surface area (Å²) in [6, 6.07) is 0. The van der Waals surface area contributed by atoms with Crippen molar-refractivity contribution in [3.63, 3.8) is 0 Å². The van der Waals surface area contributed by atoms with Gasteiger partial charge in [-0.15, -0.1) is 0 Å². The lowest BCUT2D eigenvalue weighted by atomic mass is 9.98. The van der Waals surface area contributed by atoms with Crippen molar-refractivity contribution in [3.8, 4) is 0 Å². The van der Waals surface area contributed by atoms with Crippen molar-refractivity contribution in [3.05, 3.63) is 134 Å². The van der Waals surface area contributed by atoms with Crippen LogP contribution in [-0.2, 0) is 33.2 Å².